The number of hydrogen-bond acceptors (Lipinski definition) is 3. The van der Waals surface area contributed by atoms with E-state index in [1.807, 2.05) is 24.7 Å². The molecule has 0 amide bonds. The molecule has 0 saturated heterocycles. The van der Waals surface area contributed by atoms with Crippen molar-refractivity contribution in [3.8, 4) is 11.3 Å². The summed E-state index contributed by atoms with van der Waals surface area (Å²) in [7, 11) is 0. The molecule has 2 aliphatic rings. The number of pyridine rings is 1. The van der Waals surface area contributed by atoms with Crippen LogP contribution in [-0.4, -0.2) is 14.5 Å². The SMILES string of the molecule is Nc1ncccc1-c1cncn1CC(C1CC1)C1CC1. The number of anilines is 1. The number of imidazole rings is 1. The Hall–Kier alpha value is -1.84. The lowest BCUT2D eigenvalue weighted by Crippen LogP contribution is -2.15. The zero-order valence-corrected chi connectivity index (χ0v) is 11.6. The van der Waals surface area contributed by atoms with Gasteiger partial charge in [0.1, 0.15) is 5.82 Å². The molecule has 0 atom stereocenters. The molecule has 2 fully saturated rings. The predicted molar refractivity (Wildman–Crippen MR) is 78.8 cm³/mol. The van der Waals surface area contributed by atoms with Gasteiger partial charge in [0.05, 0.1) is 18.2 Å². The number of aromatic nitrogens is 3. The van der Waals surface area contributed by atoms with Crippen LogP contribution in [0.15, 0.2) is 30.9 Å². The van der Waals surface area contributed by atoms with Crippen molar-refractivity contribution in [3.05, 3.63) is 30.9 Å². The Morgan fingerprint density at radius 1 is 1.25 bits per heavy atom. The van der Waals surface area contributed by atoms with Gasteiger partial charge in [-0.3, -0.25) is 0 Å². The van der Waals surface area contributed by atoms with E-state index >= 15 is 0 Å². The first kappa shape index (κ1) is 11.9. The van der Waals surface area contributed by atoms with Crippen LogP contribution in [0, 0.1) is 17.8 Å². The largest absolute Gasteiger partial charge is 0.383 e. The number of nitrogen functional groups attached to an aromatic ring is 1. The summed E-state index contributed by atoms with van der Waals surface area (Å²) in [4.78, 5) is 8.52. The molecule has 2 saturated carbocycles. The summed E-state index contributed by atoms with van der Waals surface area (Å²) in [5.41, 5.74) is 8.10. The van der Waals surface area contributed by atoms with Gasteiger partial charge in [-0.15, -0.1) is 0 Å². The average Bonchev–Trinajstić information content (AvgIpc) is 3.37. The normalized spacial score (nSPS) is 18.6. The Balaban J connectivity index is 1.63. The lowest BCUT2D eigenvalue weighted by Gasteiger charge is -2.18. The minimum absolute atomic E-state index is 0.587. The van der Waals surface area contributed by atoms with Gasteiger partial charge in [-0.1, -0.05) is 0 Å². The highest BCUT2D eigenvalue weighted by atomic mass is 15.1. The van der Waals surface area contributed by atoms with Crippen LogP contribution in [0.3, 0.4) is 0 Å². The first-order chi connectivity index (χ1) is 9.83. The standard InChI is InChI=1S/C16H20N4/c17-16-13(2-1-7-19-16)15-8-18-10-20(15)9-14(11-3-4-11)12-5-6-12/h1-2,7-8,10-12,14H,3-6,9H2,(H2,17,19). The highest BCUT2D eigenvalue weighted by Crippen LogP contribution is 2.50. The fourth-order valence-corrected chi connectivity index (χ4v) is 3.28. The number of hydrogen-bond donors (Lipinski definition) is 1. The van der Waals surface area contributed by atoms with Crippen LogP contribution in [0.5, 0.6) is 0 Å². The highest BCUT2D eigenvalue weighted by molar-refractivity contribution is 5.70. The van der Waals surface area contributed by atoms with Crippen LogP contribution in [0.1, 0.15) is 25.7 Å². The molecule has 4 heteroatoms. The van der Waals surface area contributed by atoms with Gasteiger partial charge in [-0.05, 0) is 55.6 Å². The Bertz CT molecular complexity index is 598. The molecule has 0 aliphatic heterocycles. The van der Waals surface area contributed by atoms with Crippen molar-refractivity contribution in [2.45, 2.75) is 32.2 Å². The smallest absolute Gasteiger partial charge is 0.132 e. The second-order valence-electron chi connectivity index (χ2n) is 6.21. The Morgan fingerprint density at radius 3 is 2.65 bits per heavy atom. The molecular formula is C16H20N4. The molecule has 20 heavy (non-hydrogen) atoms. The lowest BCUT2D eigenvalue weighted by atomic mass is 9.97. The predicted octanol–water partition coefficient (Wildman–Crippen LogP) is 2.96. The van der Waals surface area contributed by atoms with Gasteiger partial charge in [0.15, 0.2) is 0 Å². The lowest BCUT2D eigenvalue weighted by molar-refractivity contribution is 0.350. The maximum Gasteiger partial charge on any atom is 0.132 e. The number of nitrogens with zero attached hydrogens (tertiary/aromatic N) is 3. The molecule has 2 N–H and O–H groups in total. The van der Waals surface area contributed by atoms with Gasteiger partial charge in [-0.25, -0.2) is 9.97 Å². The third-order valence-corrected chi connectivity index (χ3v) is 4.69. The molecule has 2 aromatic heterocycles. The number of nitrogens with two attached hydrogens (primary N) is 1. The molecule has 2 heterocycles. The molecule has 0 radical (unpaired) electrons. The summed E-state index contributed by atoms with van der Waals surface area (Å²) >= 11 is 0. The average molecular weight is 268 g/mol. The van der Waals surface area contributed by atoms with Crippen molar-refractivity contribution in [2.75, 3.05) is 5.73 Å². The van der Waals surface area contributed by atoms with Crippen LogP contribution in [0.4, 0.5) is 5.82 Å². The maximum absolute atomic E-state index is 6.00. The van der Waals surface area contributed by atoms with Crippen LogP contribution >= 0.6 is 0 Å². The molecule has 0 spiro atoms. The molecule has 4 rings (SSSR count). The molecule has 0 aromatic carbocycles. The van der Waals surface area contributed by atoms with E-state index in [2.05, 4.69) is 14.5 Å². The summed E-state index contributed by atoms with van der Waals surface area (Å²) < 4.78 is 2.27. The van der Waals surface area contributed by atoms with Crippen LogP contribution in [0.2, 0.25) is 0 Å². The topological polar surface area (TPSA) is 56.7 Å². The van der Waals surface area contributed by atoms with E-state index in [0.29, 0.717) is 5.82 Å². The van der Waals surface area contributed by atoms with Crippen LogP contribution < -0.4 is 5.73 Å². The first-order valence-corrected chi connectivity index (χ1v) is 7.54. The monoisotopic (exact) mass is 268 g/mol. The van der Waals surface area contributed by atoms with Gasteiger partial charge in [-0.2, -0.15) is 0 Å². The molecule has 0 bridgehead atoms. The van der Waals surface area contributed by atoms with Crippen molar-refractivity contribution in [1.82, 2.24) is 14.5 Å². The second-order valence-corrected chi connectivity index (χ2v) is 6.21. The third-order valence-electron chi connectivity index (χ3n) is 4.69. The van der Waals surface area contributed by atoms with Crippen LogP contribution in [-0.2, 0) is 6.54 Å². The Labute approximate surface area is 119 Å². The quantitative estimate of drug-likeness (QED) is 0.907. The van der Waals surface area contributed by atoms with E-state index < -0.39 is 0 Å². The van der Waals surface area contributed by atoms with Gasteiger partial charge < -0.3 is 10.3 Å². The van der Waals surface area contributed by atoms with Gasteiger partial charge in [0.2, 0.25) is 0 Å². The first-order valence-electron chi connectivity index (χ1n) is 7.54. The van der Waals surface area contributed by atoms with Crippen molar-refractivity contribution in [2.24, 2.45) is 17.8 Å². The summed E-state index contributed by atoms with van der Waals surface area (Å²) in [6, 6.07) is 3.96. The zero-order valence-electron chi connectivity index (χ0n) is 11.6. The molecule has 104 valence electrons. The highest BCUT2D eigenvalue weighted by Gasteiger charge is 2.41. The van der Waals surface area contributed by atoms with E-state index in [-0.39, 0.29) is 0 Å². The number of rotatable bonds is 5. The van der Waals surface area contributed by atoms with Gasteiger partial charge in [0, 0.05) is 18.3 Å². The van der Waals surface area contributed by atoms with Gasteiger partial charge >= 0.3 is 0 Å². The Morgan fingerprint density at radius 2 is 2.00 bits per heavy atom. The second kappa shape index (κ2) is 4.62. The maximum atomic E-state index is 6.00. The van der Waals surface area contributed by atoms with Gasteiger partial charge in [0.25, 0.3) is 0 Å². The van der Waals surface area contributed by atoms with E-state index in [1.165, 1.54) is 25.7 Å². The van der Waals surface area contributed by atoms with Crippen molar-refractivity contribution in [1.29, 1.82) is 0 Å². The minimum Gasteiger partial charge on any atom is -0.383 e. The Kier molecular flexibility index (Phi) is 2.76. The summed E-state index contributed by atoms with van der Waals surface area (Å²) in [5.74, 6) is 3.32. The van der Waals surface area contributed by atoms with Crippen molar-refractivity contribution < 1.29 is 0 Å². The molecule has 2 aliphatic carbocycles. The fraction of sp³-hybridized carbons (Fsp3) is 0.500. The van der Waals surface area contributed by atoms with Crippen LogP contribution in [0.25, 0.3) is 11.3 Å². The van der Waals surface area contributed by atoms with E-state index in [0.717, 1.165) is 35.6 Å². The minimum atomic E-state index is 0.587. The van der Waals surface area contributed by atoms with E-state index in [9.17, 15) is 0 Å². The zero-order chi connectivity index (χ0) is 13.5. The summed E-state index contributed by atoms with van der Waals surface area (Å²) in [6.45, 7) is 1.08. The molecule has 4 nitrogen and oxygen atoms in total. The van der Waals surface area contributed by atoms with Crippen molar-refractivity contribution >= 4 is 5.82 Å². The van der Waals surface area contributed by atoms with E-state index in [1.54, 1.807) is 6.20 Å². The molecular weight excluding hydrogens is 248 g/mol. The summed E-state index contributed by atoms with van der Waals surface area (Å²) in [5, 5.41) is 0. The third kappa shape index (κ3) is 2.19. The molecule has 2 aromatic rings. The van der Waals surface area contributed by atoms with Crippen molar-refractivity contribution in [3.63, 3.8) is 0 Å². The van der Waals surface area contributed by atoms with E-state index in [4.69, 9.17) is 5.73 Å². The fourth-order valence-electron chi connectivity index (χ4n) is 3.28. The molecule has 0 unspecified atom stereocenters. The summed E-state index contributed by atoms with van der Waals surface area (Å²) in [6.07, 6.45) is 11.3.